The van der Waals surface area contributed by atoms with E-state index in [-0.39, 0.29) is 0 Å². The van der Waals surface area contributed by atoms with E-state index < -0.39 is 6.16 Å². The molecule has 0 amide bonds. The van der Waals surface area contributed by atoms with Gasteiger partial charge < -0.3 is 9.47 Å². The zero-order valence-corrected chi connectivity index (χ0v) is 16.9. The van der Waals surface area contributed by atoms with Gasteiger partial charge in [0.1, 0.15) is 11.5 Å². The molecule has 2 rings (SSSR count). The maximum Gasteiger partial charge on any atom is 0.519 e. The normalized spacial score (nSPS) is 12.6. The molecule has 3 nitrogen and oxygen atoms in total. The van der Waals surface area contributed by atoms with Crippen molar-refractivity contribution in [3.63, 3.8) is 0 Å². The lowest BCUT2D eigenvalue weighted by Crippen LogP contribution is -2.13. The second kappa shape index (κ2) is 11.1. The Balaban J connectivity index is 1.94. The third-order valence-electron chi connectivity index (χ3n) is 4.79. The zero-order valence-electron chi connectivity index (χ0n) is 16.9. The maximum atomic E-state index is 12.1. The van der Waals surface area contributed by atoms with Crippen LogP contribution >= 0.6 is 0 Å². The minimum absolute atomic E-state index is 0.316. The van der Waals surface area contributed by atoms with Gasteiger partial charge in [-0.2, -0.15) is 0 Å². The Morgan fingerprint density at radius 2 is 1.14 bits per heavy atom. The standard InChI is InChI=1S/C25H30O3/c1-5-9-19(7-3)21-11-15-23(16-12-21)27-25(26)28-24-17-13-22(14-18-24)20(8-4)10-6-2/h7-8,11-20H,3-6,9-10H2,1-2H3. The Kier molecular flexibility index (Phi) is 8.54. The summed E-state index contributed by atoms with van der Waals surface area (Å²) in [7, 11) is 0. The van der Waals surface area contributed by atoms with E-state index in [1.165, 1.54) is 0 Å². The fraction of sp³-hybridized carbons (Fsp3) is 0.320. The predicted molar refractivity (Wildman–Crippen MR) is 115 cm³/mol. The van der Waals surface area contributed by atoms with Gasteiger partial charge in [0.2, 0.25) is 0 Å². The second-order valence-electron chi connectivity index (χ2n) is 6.85. The Morgan fingerprint density at radius 3 is 1.43 bits per heavy atom. The number of hydrogen-bond acceptors (Lipinski definition) is 3. The van der Waals surface area contributed by atoms with Crippen LogP contribution < -0.4 is 9.47 Å². The molecule has 148 valence electrons. The van der Waals surface area contributed by atoms with Crippen LogP contribution in [0.15, 0.2) is 73.8 Å². The highest BCUT2D eigenvalue weighted by molar-refractivity contribution is 5.67. The molecule has 2 atom stereocenters. The van der Waals surface area contributed by atoms with Crippen molar-refractivity contribution in [1.82, 2.24) is 0 Å². The first-order valence-corrected chi connectivity index (χ1v) is 9.95. The van der Waals surface area contributed by atoms with Gasteiger partial charge >= 0.3 is 6.16 Å². The first kappa shape index (κ1) is 21.5. The van der Waals surface area contributed by atoms with Crippen molar-refractivity contribution in [3.8, 4) is 11.5 Å². The molecule has 0 N–H and O–H groups in total. The molecule has 28 heavy (non-hydrogen) atoms. The van der Waals surface area contributed by atoms with E-state index in [9.17, 15) is 4.79 Å². The van der Waals surface area contributed by atoms with E-state index in [1.807, 2.05) is 36.4 Å². The lowest BCUT2D eigenvalue weighted by Gasteiger charge is -2.13. The molecule has 0 saturated heterocycles. The summed E-state index contributed by atoms with van der Waals surface area (Å²) in [4.78, 5) is 12.1. The van der Waals surface area contributed by atoms with Crippen molar-refractivity contribution in [3.05, 3.63) is 85.0 Å². The minimum atomic E-state index is -0.747. The molecule has 0 saturated carbocycles. The summed E-state index contributed by atoms with van der Waals surface area (Å²) in [5.74, 6) is 1.55. The molecule has 0 fully saturated rings. The average Bonchev–Trinajstić information content (AvgIpc) is 2.71. The molecule has 0 aromatic heterocycles. The van der Waals surface area contributed by atoms with E-state index in [4.69, 9.17) is 9.47 Å². The van der Waals surface area contributed by atoms with E-state index in [0.29, 0.717) is 23.3 Å². The molecule has 2 aromatic carbocycles. The van der Waals surface area contributed by atoms with Gasteiger partial charge in [-0.1, -0.05) is 63.1 Å². The number of hydrogen-bond donors (Lipinski definition) is 0. The molecule has 2 aromatic rings. The van der Waals surface area contributed by atoms with E-state index in [2.05, 4.69) is 27.0 Å². The van der Waals surface area contributed by atoms with E-state index in [0.717, 1.165) is 36.8 Å². The monoisotopic (exact) mass is 378 g/mol. The number of benzene rings is 2. The van der Waals surface area contributed by atoms with Crippen LogP contribution in [0.1, 0.15) is 62.5 Å². The van der Waals surface area contributed by atoms with Crippen LogP contribution in [-0.2, 0) is 0 Å². The van der Waals surface area contributed by atoms with Crippen LogP contribution in [0.25, 0.3) is 0 Å². The number of allylic oxidation sites excluding steroid dienone is 2. The number of rotatable bonds is 10. The van der Waals surface area contributed by atoms with Crippen LogP contribution in [0.3, 0.4) is 0 Å². The summed E-state index contributed by atoms with van der Waals surface area (Å²) in [6.45, 7) is 12.1. The molecule has 3 heteroatoms. The molecule has 0 aliphatic rings. The highest BCUT2D eigenvalue weighted by Crippen LogP contribution is 2.26. The van der Waals surface area contributed by atoms with Crippen LogP contribution in [0.5, 0.6) is 11.5 Å². The molecule has 0 heterocycles. The van der Waals surface area contributed by atoms with Crippen molar-refractivity contribution in [2.24, 2.45) is 0 Å². The predicted octanol–water partition coefficient (Wildman–Crippen LogP) is 7.40. The summed E-state index contributed by atoms with van der Waals surface area (Å²) in [6, 6.07) is 15.0. The largest absolute Gasteiger partial charge is 0.519 e. The highest BCUT2D eigenvalue weighted by Gasteiger charge is 2.11. The number of ether oxygens (including phenoxy) is 2. The van der Waals surface area contributed by atoms with Gasteiger partial charge in [-0.25, -0.2) is 4.79 Å². The molecular weight excluding hydrogens is 348 g/mol. The number of carbonyl (C=O) groups excluding carboxylic acids is 1. The maximum absolute atomic E-state index is 12.1. The van der Waals surface area contributed by atoms with Gasteiger partial charge in [-0.15, -0.1) is 13.2 Å². The minimum Gasteiger partial charge on any atom is -0.395 e. The number of carbonyl (C=O) groups is 1. The van der Waals surface area contributed by atoms with Crippen LogP contribution in [0.4, 0.5) is 4.79 Å². The van der Waals surface area contributed by atoms with Gasteiger partial charge in [0.25, 0.3) is 0 Å². The first-order chi connectivity index (χ1) is 13.6. The fourth-order valence-electron chi connectivity index (χ4n) is 3.24. The lowest BCUT2D eigenvalue weighted by molar-refractivity contribution is 0.152. The summed E-state index contributed by atoms with van der Waals surface area (Å²) >= 11 is 0. The van der Waals surface area contributed by atoms with Gasteiger partial charge in [0.05, 0.1) is 0 Å². The lowest BCUT2D eigenvalue weighted by atomic mass is 9.95. The fourth-order valence-corrected chi connectivity index (χ4v) is 3.24. The average molecular weight is 379 g/mol. The van der Waals surface area contributed by atoms with Crippen LogP contribution in [0.2, 0.25) is 0 Å². The van der Waals surface area contributed by atoms with Crippen molar-refractivity contribution in [2.75, 3.05) is 0 Å². The molecule has 2 unspecified atom stereocenters. The molecule has 0 bridgehead atoms. The van der Waals surface area contributed by atoms with E-state index in [1.54, 1.807) is 24.3 Å². The Morgan fingerprint density at radius 1 is 0.786 bits per heavy atom. The molecule has 0 radical (unpaired) electrons. The molecule has 0 spiro atoms. The van der Waals surface area contributed by atoms with E-state index >= 15 is 0 Å². The first-order valence-electron chi connectivity index (χ1n) is 9.95. The zero-order chi connectivity index (χ0) is 20.4. The quantitative estimate of drug-likeness (QED) is 0.245. The third-order valence-corrected chi connectivity index (χ3v) is 4.79. The van der Waals surface area contributed by atoms with Crippen LogP contribution in [-0.4, -0.2) is 6.16 Å². The van der Waals surface area contributed by atoms with Crippen molar-refractivity contribution in [1.29, 1.82) is 0 Å². The highest BCUT2D eigenvalue weighted by atomic mass is 16.7. The summed E-state index contributed by atoms with van der Waals surface area (Å²) in [6.07, 6.45) is 7.43. The Labute approximate surface area is 168 Å². The topological polar surface area (TPSA) is 35.5 Å². The molecule has 0 aliphatic heterocycles. The molecule has 0 aliphatic carbocycles. The van der Waals surface area contributed by atoms with Gasteiger partial charge in [0, 0.05) is 11.8 Å². The van der Waals surface area contributed by atoms with Crippen molar-refractivity contribution >= 4 is 6.16 Å². The Hall–Kier alpha value is -2.81. The van der Waals surface area contributed by atoms with Gasteiger partial charge in [0.15, 0.2) is 0 Å². The van der Waals surface area contributed by atoms with Crippen molar-refractivity contribution in [2.45, 2.75) is 51.4 Å². The smallest absolute Gasteiger partial charge is 0.395 e. The SMILES string of the molecule is C=CC(CCC)c1ccc(OC(=O)Oc2ccc(C(C=C)CCC)cc2)cc1. The summed E-state index contributed by atoms with van der Waals surface area (Å²) < 4.78 is 10.6. The third kappa shape index (κ3) is 6.12. The Bertz CT molecular complexity index is 694. The van der Waals surface area contributed by atoms with Gasteiger partial charge in [-0.3, -0.25) is 0 Å². The summed E-state index contributed by atoms with van der Waals surface area (Å²) in [5.41, 5.74) is 2.33. The summed E-state index contributed by atoms with van der Waals surface area (Å²) in [5, 5.41) is 0. The second-order valence-corrected chi connectivity index (χ2v) is 6.85. The molecular formula is C25H30O3. The van der Waals surface area contributed by atoms with Crippen molar-refractivity contribution < 1.29 is 14.3 Å². The van der Waals surface area contributed by atoms with Crippen LogP contribution in [0, 0.1) is 0 Å². The van der Waals surface area contributed by atoms with Gasteiger partial charge in [-0.05, 0) is 48.2 Å².